The van der Waals surface area contributed by atoms with Gasteiger partial charge in [-0.15, -0.1) is 0 Å². The van der Waals surface area contributed by atoms with E-state index in [2.05, 4.69) is 20.8 Å². The van der Waals surface area contributed by atoms with Crippen LogP contribution in [0.3, 0.4) is 0 Å². The van der Waals surface area contributed by atoms with E-state index >= 15 is 0 Å². The Kier molecular flexibility index (Phi) is 2.45. The largest absolute Gasteiger partial charge is 0.300 e. The fourth-order valence-electron chi connectivity index (χ4n) is 3.48. The predicted octanol–water partition coefficient (Wildman–Crippen LogP) is 3.43. The standard InChI is InChI=1S/C13H22O/c1-9-4-5-10-6-7-11(14)8-12(10)13(9,2)3/h9-10,12H,4-8H2,1-3H3/t9-,10+,12+/m0/s1. The summed E-state index contributed by atoms with van der Waals surface area (Å²) in [5.74, 6) is 2.81. The zero-order valence-electron chi connectivity index (χ0n) is 9.68. The summed E-state index contributed by atoms with van der Waals surface area (Å²) in [6.45, 7) is 7.09. The van der Waals surface area contributed by atoms with Gasteiger partial charge in [-0.05, 0) is 42.4 Å². The number of carbonyl (C=O) groups excluding carboxylic acids is 1. The highest BCUT2D eigenvalue weighted by molar-refractivity contribution is 5.79. The maximum absolute atomic E-state index is 11.5. The van der Waals surface area contributed by atoms with Crippen molar-refractivity contribution in [3.63, 3.8) is 0 Å². The van der Waals surface area contributed by atoms with Crippen LogP contribution < -0.4 is 0 Å². The smallest absolute Gasteiger partial charge is 0.133 e. The van der Waals surface area contributed by atoms with Gasteiger partial charge in [0.2, 0.25) is 0 Å². The number of hydrogen-bond donors (Lipinski definition) is 0. The molecule has 0 aromatic heterocycles. The highest BCUT2D eigenvalue weighted by Crippen LogP contribution is 2.52. The molecular formula is C13H22O. The van der Waals surface area contributed by atoms with Gasteiger partial charge in [-0.1, -0.05) is 20.8 Å². The molecule has 0 aromatic rings. The summed E-state index contributed by atoms with van der Waals surface area (Å²) in [4.78, 5) is 11.5. The second kappa shape index (κ2) is 3.36. The summed E-state index contributed by atoms with van der Waals surface area (Å²) >= 11 is 0. The third kappa shape index (κ3) is 1.51. The molecule has 0 spiro atoms. The fourth-order valence-corrected chi connectivity index (χ4v) is 3.48. The van der Waals surface area contributed by atoms with Crippen LogP contribution in [0.25, 0.3) is 0 Å². The van der Waals surface area contributed by atoms with Crippen molar-refractivity contribution in [1.82, 2.24) is 0 Å². The molecule has 80 valence electrons. The van der Waals surface area contributed by atoms with Gasteiger partial charge in [0.15, 0.2) is 0 Å². The Bertz CT molecular complexity index is 242. The van der Waals surface area contributed by atoms with E-state index in [0.29, 0.717) is 17.1 Å². The Hall–Kier alpha value is -0.330. The van der Waals surface area contributed by atoms with Gasteiger partial charge < -0.3 is 0 Å². The lowest BCUT2D eigenvalue weighted by atomic mass is 9.55. The third-order valence-electron chi connectivity index (χ3n) is 5.01. The molecule has 0 amide bonds. The molecule has 0 bridgehead atoms. The molecule has 0 radical (unpaired) electrons. The van der Waals surface area contributed by atoms with E-state index < -0.39 is 0 Å². The van der Waals surface area contributed by atoms with Crippen LogP contribution in [0, 0.1) is 23.2 Å². The first kappa shape index (κ1) is 10.2. The van der Waals surface area contributed by atoms with Crippen LogP contribution in [0.15, 0.2) is 0 Å². The molecular weight excluding hydrogens is 172 g/mol. The summed E-state index contributed by atoms with van der Waals surface area (Å²) in [6.07, 6.45) is 5.61. The lowest BCUT2D eigenvalue weighted by Crippen LogP contribution is -2.43. The molecule has 2 rings (SSSR count). The number of ketones is 1. The van der Waals surface area contributed by atoms with Gasteiger partial charge in [-0.3, -0.25) is 4.79 Å². The number of fused-ring (bicyclic) bond motifs is 1. The first-order valence-electron chi connectivity index (χ1n) is 6.03. The van der Waals surface area contributed by atoms with Gasteiger partial charge in [0.1, 0.15) is 5.78 Å². The number of hydrogen-bond acceptors (Lipinski definition) is 1. The zero-order valence-corrected chi connectivity index (χ0v) is 9.68. The van der Waals surface area contributed by atoms with Gasteiger partial charge in [0.05, 0.1) is 0 Å². The lowest BCUT2D eigenvalue weighted by molar-refractivity contribution is -0.127. The van der Waals surface area contributed by atoms with E-state index in [1.54, 1.807) is 0 Å². The van der Waals surface area contributed by atoms with Crippen molar-refractivity contribution in [2.45, 2.75) is 52.9 Å². The fraction of sp³-hybridized carbons (Fsp3) is 0.923. The van der Waals surface area contributed by atoms with E-state index in [9.17, 15) is 4.79 Å². The molecule has 0 N–H and O–H groups in total. The van der Waals surface area contributed by atoms with Crippen LogP contribution in [0.4, 0.5) is 0 Å². The Morgan fingerprint density at radius 2 is 1.93 bits per heavy atom. The van der Waals surface area contributed by atoms with Crippen LogP contribution in [0.2, 0.25) is 0 Å². The minimum absolute atomic E-state index is 0.388. The molecule has 0 saturated heterocycles. The Morgan fingerprint density at radius 3 is 2.64 bits per heavy atom. The Balaban J connectivity index is 2.19. The van der Waals surface area contributed by atoms with Crippen molar-refractivity contribution >= 4 is 5.78 Å². The minimum atomic E-state index is 0.388. The molecule has 14 heavy (non-hydrogen) atoms. The van der Waals surface area contributed by atoms with Gasteiger partial charge in [-0.25, -0.2) is 0 Å². The highest BCUT2D eigenvalue weighted by atomic mass is 16.1. The van der Waals surface area contributed by atoms with E-state index in [0.717, 1.165) is 24.7 Å². The second-order valence-electron chi connectivity index (χ2n) is 5.95. The maximum Gasteiger partial charge on any atom is 0.133 e. The second-order valence-corrected chi connectivity index (χ2v) is 5.95. The molecule has 2 aliphatic rings. The normalized spacial score (nSPS) is 41.9. The van der Waals surface area contributed by atoms with E-state index in [4.69, 9.17) is 0 Å². The van der Waals surface area contributed by atoms with Crippen LogP contribution in [0.1, 0.15) is 52.9 Å². The van der Waals surface area contributed by atoms with Crippen LogP contribution in [-0.4, -0.2) is 5.78 Å². The molecule has 1 heteroatoms. The molecule has 2 saturated carbocycles. The topological polar surface area (TPSA) is 17.1 Å². The highest BCUT2D eigenvalue weighted by Gasteiger charge is 2.45. The van der Waals surface area contributed by atoms with Crippen molar-refractivity contribution in [3.05, 3.63) is 0 Å². The Morgan fingerprint density at radius 1 is 1.21 bits per heavy atom. The molecule has 0 aromatic carbocycles. The molecule has 2 fully saturated rings. The van der Waals surface area contributed by atoms with Crippen LogP contribution in [-0.2, 0) is 4.79 Å². The molecule has 2 aliphatic carbocycles. The molecule has 0 aliphatic heterocycles. The van der Waals surface area contributed by atoms with Crippen LogP contribution >= 0.6 is 0 Å². The number of rotatable bonds is 0. The van der Waals surface area contributed by atoms with E-state index in [1.807, 2.05) is 0 Å². The maximum atomic E-state index is 11.5. The van der Waals surface area contributed by atoms with Crippen molar-refractivity contribution < 1.29 is 4.79 Å². The van der Waals surface area contributed by atoms with E-state index in [1.165, 1.54) is 19.3 Å². The number of Topliss-reactive ketones (excluding diaryl/α,β-unsaturated/α-hetero) is 1. The van der Waals surface area contributed by atoms with Crippen molar-refractivity contribution in [2.24, 2.45) is 23.2 Å². The molecule has 1 nitrogen and oxygen atoms in total. The quantitative estimate of drug-likeness (QED) is 0.577. The van der Waals surface area contributed by atoms with Gasteiger partial charge in [0.25, 0.3) is 0 Å². The summed E-state index contributed by atoms with van der Waals surface area (Å²) in [5.41, 5.74) is 0.388. The predicted molar refractivity (Wildman–Crippen MR) is 58.0 cm³/mol. The third-order valence-corrected chi connectivity index (χ3v) is 5.01. The molecule has 0 heterocycles. The van der Waals surface area contributed by atoms with Gasteiger partial charge in [-0.2, -0.15) is 0 Å². The Labute approximate surface area is 87.3 Å². The van der Waals surface area contributed by atoms with Gasteiger partial charge >= 0.3 is 0 Å². The van der Waals surface area contributed by atoms with Crippen LogP contribution in [0.5, 0.6) is 0 Å². The lowest BCUT2D eigenvalue weighted by Gasteiger charge is -2.50. The average Bonchev–Trinajstić information content (AvgIpc) is 2.13. The number of carbonyl (C=O) groups is 1. The summed E-state index contributed by atoms with van der Waals surface area (Å²) in [7, 11) is 0. The SMILES string of the molecule is C[C@H]1CC[C@@H]2CCC(=O)C[C@H]2C1(C)C. The first-order chi connectivity index (χ1) is 6.51. The first-order valence-corrected chi connectivity index (χ1v) is 6.03. The average molecular weight is 194 g/mol. The summed E-state index contributed by atoms with van der Waals surface area (Å²) in [5, 5.41) is 0. The van der Waals surface area contributed by atoms with Crippen molar-refractivity contribution in [1.29, 1.82) is 0 Å². The molecule has 3 atom stereocenters. The molecule has 0 unspecified atom stereocenters. The van der Waals surface area contributed by atoms with Gasteiger partial charge in [0, 0.05) is 12.8 Å². The zero-order chi connectivity index (χ0) is 10.3. The van der Waals surface area contributed by atoms with Crippen molar-refractivity contribution in [3.8, 4) is 0 Å². The summed E-state index contributed by atoms with van der Waals surface area (Å²) < 4.78 is 0. The summed E-state index contributed by atoms with van der Waals surface area (Å²) in [6, 6.07) is 0. The monoisotopic (exact) mass is 194 g/mol. The van der Waals surface area contributed by atoms with E-state index in [-0.39, 0.29) is 0 Å². The van der Waals surface area contributed by atoms with Crippen molar-refractivity contribution in [2.75, 3.05) is 0 Å². The minimum Gasteiger partial charge on any atom is -0.300 e.